The van der Waals surface area contributed by atoms with Crippen LogP contribution in [0, 0.1) is 11.3 Å². The highest BCUT2D eigenvalue weighted by molar-refractivity contribution is 4.98. The van der Waals surface area contributed by atoms with Gasteiger partial charge in [-0.3, -0.25) is 4.90 Å². The summed E-state index contributed by atoms with van der Waals surface area (Å²) in [5, 5.41) is 0. The Morgan fingerprint density at radius 1 is 1.41 bits per heavy atom. The van der Waals surface area contributed by atoms with Gasteiger partial charge in [0.2, 0.25) is 0 Å². The number of hydrogen-bond acceptors (Lipinski definition) is 2. The first-order valence-electron chi connectivity index (χ1n) is 7.03. The van der Waals surface area contributed by atoms with Crippen LogP contribution in [0.3, 0.4) is 0 Å². The van der Waals surface area contributed by atoms with Crippen molar-refractivity contribution in [3.63, 3.8) is 0 Å². The number of ether oxygens (including phenoxy) is 1. The summed E-state index contributed by atoms with van der Waals surface area (Å²) in [6, 6.07) is 0. The molecule has 2 aliphatic rings. The molecule has 1 aliphatic carbocycles. The van der Waals surface area contributed by atoms with Crippen molar-refractivity contribution < 1.29 is 4.74 Å². The molecule has 0 amide bonds. The van der Waals surface area contributed by atoms with Crippen molar-refractivity contribution in [1.82, 2.24) is 4.90 Å². The van der Waals surface area contributed by atoms with Gasteiger partial charge in [-0.2, -0.15) is 0 Å². The zero-order valence-corrected chi connectivity index (χ0v) is 11.6. The Balaban J connectivity index is 1.87. The minimum atomic E-state index is 0.230. The van der Waals surface area contributed by atoms with Crippen molar-refractivity contribution in [1.29, 1.82) is 0 Å². The van der Waals surface area contributed by atoms with Gasteiger partial charge < -0.3 is 4.74 Å². The first-order chi connectivity index (χ1) is 8.03. The van der Waals surface area contributed by atoms with Gasteiger partial charge in [-0.1, -0.05) is 19.9 Å². The van der Waals surface area contributed by atoms with E-state index in [4.69, 9.17) is 4.74 Å². The quantitative estimate of drug-likeness (QED) is 0.681. The van der Waals surface area contributed by atoms with Crippen molar-refractivity contribution in [2.24, 2.45) is 11.3 Å². The van der Waals surface area contributed by atoms with E-state index in [0.717, 1.165) is 19.0 Å². The van der Waals surface area contributed by atoms with Crippen molar-refractivity contribution in [2.45, 2.75) is 52.2 Å². The molecule has 1 heterocycles. The normalized spacial score (nSPS) is 32.7. The molecule has 17 heavy (non-hydrogen) atoms. The van der Waals surface area contributed by atoms with Crippen LogP contribution in [0.4, 0.5) is 0 Å². The van der Waals surface area contributed by atoms with E-state index >= 15 is 0 Å². The van der Waals surface area contributed by atoms with Crippen LogP contribution in [0.15, 0.2) is 12.7 Å². The molecular formula is C15H27NO. The van der Waals surface area contributed by atoms with Crippen molar-refractivity contribution in [3.05, 3.63) is 12.7 Å². The smallest absolute Gasteiger partial charge is 0.0884 e. The molecule has 2 rings (SSSR count). The van der Waals surface area contributed by atoms with Gasteiger partial charge in [0.1, 0.15) is 0 Å². The molecule has 2 atom stereocenters. The fourth-order valence-electron chi connectivity index (χ4n) is 3.28. The van der Waals surface area contributed by atoms with E-state index in [0.29, 0.717) is 11.5 Å². The highest BCUT2D eigenvalue weighted by atomic mass is 16.5. The lowest BCUT2D eigenvalue weighted by molar-refractivity contribution is -0.0606. The highest BCUT2D eigenvalue weighted by Gasteiger charge is 2.44. The summed E-state index contributed by atoms with van der Waals surface area (Å²) in [6.45, 7) is 14.1. The van der Waals surface area contributed by atoms with Crippen LogP contribution in [-0.4, -0.2) is 36.7 Å². The lowest BCUT2D eigenvalue weighted by atomic mass is 9.93. The average Bonchev–Trinajstić information content (AvgIpc) is 2.95. The monoisotopic (exact) mass is 237 g/mol. The Morgan fingerprint density at radius 3 is 2.65 bits per heavy atom. The zero-order chi connectivity index (χ0) is 12.5. The molecule has 0 bridgehead atoms. The van der Waals surface area contributed by atoms with Gasteiger partial charge in [0.05, 0.1) is 12.2 Å². The standard InChI is InChI=1S/C15H27NO/c1-5-14-10-16(9-13(4)17-14)11-15(6-7-15)8-12(2)3/h5,12-14H,1,6-11H2,2-4H3/t13-,14-/m0/s1. The molecule has 98 valence electrons. The molecule has 0 aromatic rings. The average molecular weight is 237 g/mol. The summed E-state index contributed by atoms with van der Waals surface area (Å²) in [5.74, 6) is 0.825. The molecule has 0 unspecified atom stereocenters. The van der Waals surface area contributed by atoms with Gasteiger partial charge in [-0.05, 0) is 37.5 Å². The number of rotatable bonds is 5. The zero-order valence-electron chi connectivity index (χ0n) is 11.6. The molecule has 1 saturated carbocycles. The molecular weight excluding hydrogens is 210 g/mol. The van der Waals surface area contributed by atoms with E-state index in [-0.39, 0.29) is 6.10 Å². The van der Waals surface area contributed by atoms with Gasteiger partial charge in [-0.15, -0.1) is 6.58 Å². The van der Waals surface area contributed by atoms with E-state index in [1.807, 2.05) is 6.08 Å². The number of morpholine rings is 1. The van der Waals surface area contributed by atoms with Gasteiger partial charge in [0.15, 0.2) is 0 Å². The van der Waals surface area contributed by atoms with E-state index in [9.17, 15) is 0 Å². The third-order valence-electron chi connectivity index (χ3n) is 3.98. The number of hydrogen-bond donors (Lipinski definition) is 0. The molecule has 1 saturated heterocycles. The fraction of sp³-hybridized carbons (Fsp3) is 0.867. The maximum Gasteiger partial charge on any atom is 0.0884 e. The van der Waals surface area contributed by atoms with E-state index in [2.05, 4.69) is 32.3 Å². The minimum Gasteiger partial charge on any atom is -0.369 e. The van der Waals surface area contributed by atoms with Crippen LogP contribution in [0.25, 0.3) is 0 Å². The maximum atomic E-state index is 5.82. The second kappa shape index (κ2) is 5.11. The molecule has 2 nitrogen and oxygen atoms in total. The molecule has 0 aromatic carbocycles. The van der Waals surface area contributed by atoms with E-state index < -0.39 is 0 Å². The topological polar surface area (TPSA) is 12.5 Å². The molecule has 1 aliphatic heterocycles. The first kappa shape index (κ1) is 13.1. The SMILES string of the molecule is C=C[C@H]1CN(CC2(CC(C)C)CC2)C[C@H](C)O1. The molecule has 0 N–H and O–H groups in total. The van der Waals surface area contributed by atoms with Crippen LogP contribution in [0.2, 0.25) is 0 Å². The van der Waals surface area contributed by atoms with Crippen LogP contribution in [-0.2, 0) is 4.74 Å². The predicted octanol–water partition coefficient (Wildman–Crippen LogP) is 3.09. The second-order valence-electron chi connectivity index (χ2n) is 6.51. The summed E-state index contributed by atoms with van der Waals surface area (Å²) in [6.07, 6.45) is 6.77. The summed E-state index contributed by atoms with van der Waals surface area (Å²) in [7, 11) is 0. The molecule has 0 aromatic heterocycles. The van der Waals surface area contributed by atoms with Crippen molar-refractivity contribution in [2.75, 3.05) is 19.6 Å². The largest absolute Gasteiger partial charge is 0.369 e. The van der Waals surface area contributed by atoms with Crippen molar-refractivity contribution in [3.8, 4) is 0 Å². The van der Waals surface area contributed by atoms with Gasteiger partial charge in [0, 0.05) is 19.6 Å². The van der Waals surface area contributed by atoms with Gasteiger partial charge >= 0.3 is 0 Å². The third-order valence-corrected chi connectivity index (χ3v) is 3.98. The Morgan fingerprint density at radius 2 is 2.12 bits per heavy atom. The first-order valence-corrected chi connectivity index (χ1v) is 7.03. The molecule has 0 spiro atoms. The second-order valence-corrected chi connectivity index (χ2v) is 6.51. The Hall–Kier alpha value is -0.340. The van der Waals surface area contributed by atoms with Crippen LogP contribution in [0.1, 0.15) is 40.0 Å². The Labute approximate surface area is 106 Å². The minimum absolute atomic E-state index is 0.230. The predicted molar refractivity (Wildman–Crippen MR) is 72.1 cm³/mol. The summed E-state index contributed by atoms with van der Waals surface area (Å²) >= 11 is 0. The highest BCUT2D eigenvalue weighted by Crippen LogP contribution is 2.51. The van der Waals surface area contributed by atoms with Gasteiger partial charge in [-0.25, -0.2) is 0 Å². The summed E-state index contributed by atoms with van der Waals surface area (Å²) in [4.78, 5) is 2.59. The van der Waals surface area contributed by atoms with Crippen LogP contribution in [0.5, 0.6) is 0 Å². The fourth-order valence-corrected chi connectivity index (χ4v) is 3.28. The lowest BCUT2D eigenvalue weighted by Gasteiger charge is -2.38. The van der Waals surface area contributed by atoms with Crippen molar-refractivity contribution >= 4 is 0 Å². The van der Waals surface area contributed by atoms with E-state index in [1.165, 1.54) is 25.8 Å². The molecule has 2 heteroatoms. The van der Waals surface area contributed by atoms with E-state index in [1.54, 1.807) is 0 Å². The third kappa shape index (κ3) is 3.56. The molecule has 2 fully saturated rings. The Kier molecular flexibility index (Phi) is 3.94. The number of nitrogens with zero attached hydrogens (tertiary/aromatic N) is 1. The van der Waals surface area contributed by atoms with Gasteiger partial charge in [0.25, 0.3) is 0 Å². The molecule has 0 radical (unpaired) electrons. The lowest BCUT2D eigenvalue weighted by Crippen LogP contribution is -2.47. The summed E-state index contributed by atoms with van der Waals surface area (Å²) in [5.41, 5.74) is 0.636. The summed E-state index contributed by atoms with van der Waals surface area (Å²) < 4.78 is 5.82. The Bertz CT molecular complexity index is 270. The van der Waals surface area contributed by atoms with Crippen LogP contribution >= 0.6 is 0 Å². The van der Waals surface area contributed by atoms with Crippen LogP contribution < -0.4 is 0 Å². The maximum absolute atomic E-state index is 5.82.